The van der Waals surface area contributed by atoms with Gasteiger partial charge in [-0.05, 0) is 101 Å². The molecule has 0 radical (unpaired) electrons. The minimum Gasteiger partial charge on any atom is -0.456 e. The first kappa shape index (κ1) is 24.5. The number of rotatable bonds is 3. The molecule has 0 aliphatic heterocycles. The quantitative estimate of drug-likeness (QED) is 0.206. The second kappa shape index (κ2) is 9.29. The van der Waals surface area contributed by atoms with Crippen LogP contribution in [0, 0.1) is 0 Å². The van der Waals surface area contributed by atoms with Crippen molar-refractivity contribution in [1.82, 2.24) is 0 Å². The van der Waals surface area contributed by atoms with E-state index < -0.39 is 0 Å². The Kier molecular flexibility index (Phi) is 5.06. The lowest BCUT2D eigenvalue weighted by Crippen LogP contribution is -1.94. The van der Waals surface area contributed by atoms with Crippen LogP contribution in [0.2, 0.25) is 0 Å². The molecule has 0 bridgehead atoms. The molecule has 0 saturated heterocycles. The van der Waals surface area contributed by atoms with Crippen LogP contribution in [0.5, 0.6) is 0 Å². The highest BCUT2D eigenvalue weighted by molar-refractivity contribution is 6.27. The zero-order valence-electron chi connectivity index (χ0n) is 24.4. The van der Waals surface area contributed by atoms with Crippen molar-refractivity contribution in [1.29, 1.82) is 0 Å². The predicted octanol–water partition coefficient (Wildman–Crippen LogP) is 12.5. The Morgan fingerprint density at radius 3 is 1.56 bits per heavy atom. The molecule has 0 N–H and O–H groups in total. The summed E-state index contributed by atoms with van der Waals surface area (Å²) in [6.07, 6.45) is 0. The number of benzene rings is 8. The Labute approximate surface area is 260 Å². The number of para-hydroxylation sites is 1. The van der Waals surface area contributed by atoms with E-state index in [1.807, 2.05) is 12.1 Å². The maximum Gasteiger partial charge on any atom is 0.135 e. The van der Waals surface area contributed by atoms with Crippen molar-refractivity contribution in [3.8, 4) is 55.6 Å². The second-order valence-electron chi connectivity index (χ2n) is 12.0. The monoisotopic (exact) mass is 570 g/mol. The first-order valence-corrected chi connectivity index (χ1v) is 15.5. The van der Waals surface area contributed by atoms with Crippen molar-refractivity contribution in [2.24, 2.45) is 0 Å². The summed E-state index contributed by atoms with van der Waals surface area (Å²) in [6.45, 7) is 0. The van der Waals surface area contributed by atoms with Crippen LogP contribution in [0.15, 0.2) is 162 Å². The fourth-order valence-corrected chi connectivity index (χ4v) is 7.68. The average Bonchev–Trinajstić information content (AvgIpc) is 3.64. The molecule has 45 heavy (non-hydrogen) atoms. The lowest BCUT2D eigenvalue weighted by Gasteiger charge is -2.21. The molecule has 0 saturated carbocycles. The third-order valence-electron chi connectivity index (χ3n) is 9.59. The van der Waals surface area contributed by atoms with Crippen LogP contribution in [-0.4, -0.2) is 0 Å². The average molecular weight is 571 g/mol. The summed E-state index contributed by atoms with van der Waals surface area (Å²) in [5, 5.41) is 7.45. The molecule has 208 valence electrons. The molecule has 0 fully saturated rings. The number of furan rings is 1. The van der Waals surface area contributed by atoms with Crippen molar-refractivity contribution >= 4 is 43.5 Å². The minimum atomic E-state index is 0.917. The van der Waals surface area contributed by atoms with Gasteiger partial charge in [0.05, 0.1) is 0 Å². The van der Waals surface area contributed by atoms with Gasteiger partial charge in [-0.15, -0.1) is 0 Å². The summed E-state index contributed by atoms with van der Waals surface area (Å²) >= 11 is 0. The molecular weight excluding hydrogens is 544 g/mol. The van der Waals surface area contributed by atoms with Gasteiger partial charge in [0.25, 0.3) is 0 Å². The van der Waals surface area contributed by atoms with Gasteiger partial charge >= 0.3 is 0 Å². The smallest absolute Gasteiger partial charge is 0.135 e. The van der Waals surface area contributed by atoms with Gasteiger partial charge in [-0.1, -0.05) is 133 Å². The van der Waals surface area contributed by atoms with Crippen LogP contribution in [0.25, 0.3) is 99.1 Å². The molecule has 9 aromatic rings. The van der Waals surface area contributed by atoms with Crippen LogP contribution >= 0.6 is 0 Å². The van der Waals surface area contributed by atoms with E-state index in [1.165, 1.54) is 77.2 Å². The standard InChI is InChI=1S/C44H26O/c1-3-11-28(12-4-1)41-33-23-21-30(31-22-24-39-36(25-31)32-17-7-8-20-38(32)45-39)26-37(33)42(29-13-5-2-6-14-29)44-35-19-10-16-27-15-9-18-34(40(27)35)43(41)44/h1-26H. The largest absolute Gasteiger partial charge is 0.456 e. The van der Waals surface area contributed by atoms with E-state index in [9.17, 15) is 0 Å². The normalized spacial score (nSPS) is 12.0. The highest BCUT2D eigenvalue weighted by Crippen LogP contribution is 2.57. The Morgan fingerprint density at radius 1 is 0.311 bits per heavy atom. The maximum absolute atomic E-state index is 6.16. The predicted molar refractivity (Wildman–Crippen MR) is 189 cm³/mol. The summed E-state index contributed by atoms with van der Waals surface area (Å²) < 4.78 is 6.16. The Hall–Kier alpha value is -5.92. The molecule has 0 atom stereocenters. The van der Waals surface area contributed by atoms with Crippen molar-refractivity contribution < 1.29 is 4.42 Å². The molecule has 0 spiro atoms. The molecule has 10 rings (SSSR count). The van der Waals surface area contributed by atoms with Crippen LogP contribution < -0.4 is 0 Å². The molecule has 1 nitrogen and oxygen atoms in total. The first-order chi connectivity index (χ1) is 22.3. The first-order valence-electron chi connectivity index (χ1n) is 15.5. The number of hydrogen-bond acceptors (Lipinski definition) is 1. The number of fused-ring (bicyclic) bond motifs is 7. The van der Waals surface area contributed by atoms with E-state index in [0.29, 0.717) is 0 Å². The molecule has 8 aromatic carbocycles. The van der Waals surface area contributed by atoms with Gasteiger partial charge in [0.15, 0.2) is 0 Å². The number of hydrogen-bond donors (Lipinski definition) is 0. The lowest BCUT2D eigenvalue weighted by atomic mass is 9.82. The van der Waals surface area contributed by atoms with E-state index >= 15 is 0 Å². The lowest BCUT2D eigenvalue weighted by molar-refractivity contribution is 0.669. The Bertz CT molecular complexity index is 2620. The van der Waals surface area contributed by atoms with Gasteiger partial charge in [-0.2, -0.15) is 0 Å². The van der Waals surface area contributed by atoms with Gasteiger partial charge < -0.3 is 4.42 Å². The Balaban J connectivity index is 1.35. The summed E-state index contributed by atoms with van der Waals surface area (Å²) in [5.41, 5.74) is 14.6. The van der Waals surface area contributed by atoms with E-state index in [2.05, 4.69) is 146 Å². The SMILES string of the molecule is c1ccc(-c2c3c(c(-c4ccccc4)c4cc(-c5ccc6oc7ccccc7c6c5)ccc24)-c2cccc4cccc-3c24)cc1. The van der Waals surface area contributed by atoms with Gasteiger partial charge in [0.2, 0.25) is 0 Å². The minimum absolute atomic E-state index is 0.917. The Morgan fingerprint density at radius 2 is 0.867 bits per heavy atom. The van der Waals surface area contributed by atoms with Crippen molar-refractivity contribution in [2.75, 3.05) is 0 Å². The van der Waals surface area contributed by atoms with Crippen LogP contribution in [-0.2, 0) is 0 Å². The van der Waals surface area contributed by atoms with E-state index in [-0.39, 0.29) is 0 Å². The van der Waals surface area contributed by atoms with Crippen LogP contribution in [0.1, 0.15) is 0 Å². The van der Waals surface area contributed by atoms with Gasteiger partial charge in [-0.3, -0.25) is 0 Å². The zero-order chi connectivity index (χ0) is 29.5. The highest BCUT2D eigenvalue weighted by Gasteiger charge is 2.30. The third-order valence-corrected chi connectivity index (χ3v) is 9.59. The molecule has 1 heteroatoms. The third kappa shape index (κ3) is 3.50. The van der Waals surface area contributed by atoms with Crippen LogP contribution in [0.3, 0.4) is 0 Å². The van der Waals surface area contributed by atoms with Crippen molar-refractivity contribution in [2.45, 2.75) is 0 Å². The molecule has 1 heterocycles. The van der Waals surface area contributed by atoms with E-state index in [1.54, 1.807) is 0 Å². The van der Waals surface area contributed by atoms with Gasteiger partial charge in [0, 0.05) is 10.8 Å². The molecule has 1 aromatic heterocycles. The summed E-state index contributed by atoms with van der Waals surface area (Å²) in [5.74, 6) is 0. The molecule has 0 unspecified atom stereocenters. The second-order valence-corrected chi connectivity index (χ2v) is 12.0. The van der Waals surface area contributed by atoms with Crippen LogP contribution in [0.4, 0.5) is 0 Å². The van der Waals surface area contributed by atoms with E-state index in [4.69, 9.17) is 4.42 Å². The van der Waals surface area contributed by atoms with Crippen molar-refractivity contribution in [3.63, 3.8) is 0 Å². The molecule has 1 aliphatic rings. The van der Waals surface area contributed by atoms with E-state index in [0.717, 1.165) is 21.9 Å². The fraction of sp³-hybridized carbons (Fsp3) is 0. The maximum atomic E-state index is 6.16. The van der Waals surface area contributed by atoms with Gasteiger partial charge in [0.1, 0.15) is 11.2 Å². The molecular formula is C44H26O. The van der Waals surface area contributed by atoms with Crippen molar-refractivity contribution in [3.05, 3.63) is 158 Å². The summed E-state index contributed by atoms with van der Waals surface area (Å²) in [4.78, 5) is 0. The van der Waals surface area contributed by atoms with Gasteiger partial charge in [-0.25, -0.2) is 0 Å². The summed E-state index contributed by atoms with van der Waals surface area (Å²) in [7, 11) is 0. The molecule has 0 amide bonds. The molecule has 1 aliphatic carbocycles. The highest BCUT2D eigenvalue weighted by atomic mass is 16.3. The topological polar surface area (TPSA) is 13.1 Å². The zero-order valence-corrected chi connectivity index (χ0v) is 24.4. The fourth-order valence-electron chi connectivity index (χ4n) is 7.68. The summed E-state index contributed by atoms with van der Waals surface area (Å²) in [6, 6.07) is 57.3.